The first-order valence-electron chi connectivity index (χ1n) is 5.98. The largest absolute Gasteiger partial charge is 0.324 e. The molecule has 0 spiro atoms. The third kappa shape index (κ3) is 3.29. The van der Waals surface area contributed by atoms with Gasteiger partial charge in [0.2, 0.25) is 0 Å². The summed E-state index contributed by atoms with van der Waals surface area (Å²) in [5.41, 5.74) is 7.34. The van der Waals surface area contributed by atoms with Crippen molar-refractivity contribution in [1.82, 2.24) is 0 Å². The lowest BCUT2D eigenvalue weighted by Gasteiger charge is -2.14. The Morgan fingerprint density at radius 1 is 1.17 bits per heavy atom. The molecule has 0 aromatic heterocycles. The first-order valence-corrected chi connectivity index (χ1v) is 7.18. The van der Waals surface area contributed by atoms with E-state index in [2.05, 4.69) is 25.1 Å². The van der Waals surface area contributed by atoms with Gasteiger partial charge >= 0.3 is 0 Å². The highest BCUT2D eigenvalue weighted by Crippen LogP contribution is 2.34. The van der Waals surface area contributed by atoms with Crippen molar-refractivity contribution in [2.24, 2.45) is 5.73 Å². The lowest BCUT2D eigenvalue weighted by molar-refractivity contribution is 0.685. The van der Waals surface area contributed by atoms with Crippen LogP contribution in [0.2, 0.25) is 5.02 Å². The SMILES string of the molecule is CC[C@H](N)c1ccccc1Sc1cccc(Cl)c1. The van der Waals surface area contributed by atoms with E-state index < -0.39 is 0 Å². The van der Waals surface area contributed by atoms with Crippen LogP contribution in [0.4, 0.5) is 0 Å². The number of hydrogen-bond donors (Lipinski definition) is 1. The van der Waals surface area contributed by atoms with Crippen LogP contribution in [0.25, 0.3) is 0 Å². The van der Waals surface area contributed by atoms with Crippen molar-refractivity contribution < 1.29 is 0 Å². The Morgan fingerprint density at radius 3 is 2.67 bits per heavy atom. The van der Waals surface area contributed by atoms with Crippen LogP contribution in [0.3, 0.4) is 0 Å². The summed E-state index contributed by atoms with van der Waals surface area (Å²) >= 11 is 7.71. The number of halogens is 1. The van der Waals surface area contributed by atoms with E-state index in [4.69, 9.17) is 17.3 Å². The average molecular weight is 278 g/mol. The second kappa shape index (κ2) is 6.28. The lowest BCUT2D eigenvalue weighted by atomic mass is 10.1. The molecule has 0 amide bonds. The molecule has 0 unspecified atom stereocenters. The van der Waals surface area contributed by atoms with Crippen LogP contribution in [0.15, 0.2) is 58.3 Å². The maximum atomic E-state index is 6.14. The Bertz CT molecular complexity index is 527. The molecule has 0 heterocycles. The molecular weight excluding hydrogens is 262 g/mol. The molecule has 2 N–H and O–H groups in total. The molecule has 0 aliphatic carbocycles. The molecule has 0 saturated carbocycles. The van der Waals surface area contributed by atoms with E-state index in [0.29, 0.717) is 0 Å². The van der Waals surface area contributed by atoms with Gasteiger partial charge in [0.1, 0.15) is 0 Å². The van der Waals surface area contributed by atoms with E-state index in [9.17, 15) is 0 Å². The fraction of sp³-hybridized carbons (Fsp3) is 0.200. The number of nitrogens with two attached hydrogens (primary N) is 1. The zero-order chi connectivity index (χ0) is 13.0. The zero-order valence-electron chi connectivity index (χ0n) is 10.3. The summed E-state index contributed by atoms with van der Waals surface area (Å²) in [6.45, 7) is 2.10. The van der Waals surface area contributed by atoms with Crippen molar-refractivity contribution in [2.45, 2.75) is 29.2 Å². The normalized spacial score (nSPS) is 12.4. The van der Waals surface area contributed by atoms with Gasteiger partial charge in [0.15, 0.2) is 0 Å². The van der Waals surface area contributed by atoms with E-state index in [1.807, 2.05) is 30.3 Å². The minimum Gasteiger partial charge on any atom is -0.324 e. The van der Waals surface area contributed by atoms with Gasteiger partial charge in [-0.2, -0.15) is 0 Å². The van der Waals surface area contributed by atoms with Crippen molar-refractivity contribution in [3.63, 3.8) is 0 Å². The maximum Gasteiger partial charge on any atom is 0.0417 e. The summed E-state index contributed by atoms with van der Waals surface area (Å²) in [4.78, 5) is 2.34. The van der Waals surface area contributed by atoms with Crippen molar-refractivity contribution >= 4 is 23.4 Å². The predicted octanol–water partition coefficient (Wildman–Crippen LogP) is 4.90. The van der Waals surface area contributed by atoms with Crippen LogP contribution in [0.1, 0.15) is 24.9 Å². The molecule has 0 fully saturated rings. The first kappa shape index (κ1) is 13.5. The molecule has 0 radical (unpaired) electrons. The summed E-state index contributed by atoms with van der Waals surface area (Å²) in [6, 6.07) is 16.3. The highest BCUT2D eigenvalue weighted by molar-refractivity contribution is 7.99. The van der Waals surface area contributed by atoms with E-state index in [1.165, 1.54) is 10.5 Å². The number of benzene rings is 2. The van der Waals surface area contributed by atoms with Crippen LogP contribution >= 0.6 is 23.4 Å². The Labute approximate surface area is 117 Å². The second-order valence-corrected chi connectivity index (χ2v) is 5.66. The molecule has 94 valence electrons. The van der Waals surface area contributed by atoms with Gasteiger partial charge in [-0.3, -0.25) is 0 Å². The van der Waals surface area contributed by atoms with E-state index >= 15 is 0 Å². The third-order valence-corrected chi connectivity index (χ3v) is 4.10. The predicted molar refractivity (Wildman–Crippen MR) is 79.2 cm³/mol. The lowest BCUT2D eigenvalue weighted by Crippen LogP contribution is -2.09. The van der Waals surface area contributed by atoms with Crippen LogP contribution in [0, 0.1) is 0 Å². The molecular formula is C15H16ClNS. The highest BCUT2D eigenvalue weighted by atomic mass is 35.5. The summed E-state index contributed by atoms with van der Waals surface area (Å²) < 4.78 is 0. The van der Waals surface area contributed by atoms with Gasteiger partial charge in [0.25, 0.3) is 0 Å². The van der Waals surface area contributed by atoms with Gasteiger partial charge in [-0.25, -0.2) is 0 Å². The topological polar surface area (TPSA) is 26.0 Å². The molecule has 2 rings (SSSR count). The molecule has 18 heavy (non-hydrogen) atoms. The van der Waals surface area contributed by atoms with Crippen molar-refractivity contribution in [2.75, 3.05) is 0 Å². The number of rotatable bonds is 4. The van der Waals surface area contributed by atoms with Gasteiger partial charge in [-0.05, 0) is 36.2 Å². The Morgan fingerprint density at radius 2 is 1.94 bits per heavy atom. The van der Waals surface area contributed by atoms with Crippen molar-refractivity contribution in [3.8, 4) is 0 Å². The summed E-state index contributed by atoms with van der Waals surface area (Å²) in [7, 11) is 0. The van der Waals surface area contributed by atoms with E-state index in [-0.39, 0.29) is 6.04 Å². The summed E-state index contributed by atoms with van der Waals surface area (Å²) in [5, 5.41) is 0.761. The highest BCUT2D eigenvalue weighted by Gasteiger charge is 2.09. The quantitative estimate of drug-likeness (QED) is 0.860. The van der Waals surface area contributed by atoms with E-state index in [0.717, 1.165) is 16.3 Å². The minimum absolute atomic E-state index is 0.0906. The van der Waals surface area contributed by atoms with Crippen LogP contribution in [-0.4, -0.2) is 0 Å². The fourth-order valence-corrected chi connectivity index (χ4v) is 3.08. The first-order chi connectivity index (χ1) is 8.70. The van der Waals surface area contributed by atoms with Gasteiger partial charge in [-0.15, -0.1) is 0 Å². The molecule has 0 bridgehead atoms. The Kier molecular flexibility index (Phi) is 4.70. The average Bonchev–Trinajstić information content (AvgIpc) is 2.38. The molecule has 0 aliphatic rings. The summed E-state index contributed by atoms with van der Waals surface area (Å²) in [6.07, 6.45) is 0.938. The van der Waals surface area contributed by atoms with Gasteiger partial charge < -0.3 is 5.73 Å². The summed E-state index contributed by atoms with van der Waals surface area (Å²) in [5.74, 6) is 0. The Balaban J connectivity index is 2.29. The zero-order valence-corrected chi connectivity index (χ0v) is 11.8. The fourth-order valence-electron chi connectivity index (χ4n) is 1.76. The third-order valence-electron chi connectivity index (χ3n) is 2.78. The maximum absolute atomic E-state index is 6.14. The number of hydrogen-bond acceptors (Lipinski definition) is 2. The van der Waals surface area contributed by atoms with Crippen LogP contribution in [-0.2, 0) is 0 Å². The standard InChI is InChI=1S/C15H16ClNS/c1-2-14(17)13-8-3-4-9-15(13)18-12-7-5-6-11(16)10-12/h3-10,14H,2,17H2,1H3/t14-/m0/s1. The van der Waals surface area contributed by atoms with Gasteiger partial charge in [-0.1, -0.05) is 54.6 Å². The monoisotopic (exact) mass is 277 g/mol. The van der Waals surface area contributed by atoms with Gasteiger partial charge in [0.05, 0.1) is 0 Å². The van der Waals surface area contributed by atoms with Crippen LogP contribution < -0.4 is 5.73 Å². The van der Waals surface area contributed by atoms with Crippen LogP contribution in [0.5, 0.6) is 0 Å². The molecule has 2 aromatic carbocycles. The molecule has 1 atom stereocenters. The molecule has 2 aromatic rings. The second-order valence-electron chi connectivity index (χ2n) is 4.11. The molecule has 0 saturated heterocycles. The molecule has 1 nitrogen and oxygen atoms in total. The Hall–Kier alpha value is -0.960. The smallest absolute Gasteiger partial charge is 0.0417 e. The van der Waals surface area contributed by atoms with Crippen molar-refractivity contribution in [3.05, 3.63) is 59.1 Å². The minimum atomic E-state index is 0.0906. The van der Waals surface area contributed by atoms with Gasteiger partial charge in [0, 0.05) is 20.9 Å². The molecule has 0 aliphatic heterocycles. The van der Waals surface area contributed by atoms with E-state index in [1.54, 1.807) is 11.8 Å². The molecule has 3 heteroatoms. The van der Waals surface area contributed by atoms with Crippen molar-refractivity contribution in [1.29, 1.82) is 0 Å².